The molecule has 0 amide bonds. The van der Waals surface area contributed by atoms with Crippen molar-refractivity contribution in [3.63, 3.8) is 0 Å². The van der Waals surface area contributed by atoms with Gasteiger partial charge in [0.05, 0.1) is 4.90 Å². The Hall–Kier alpha value is -0.0600. The summed E-state index contributed by atoms with van der Waals surface area (Å²) in [6.45, 7) is 4.08. The summed E-state index contributed by atoms with van der Waals surface area (Å²) in [6.07, 6.45) is 0. The average Bonchev–Trinajstić information content (AvgIpc) is 2.01. The van der Waals surface area contributed by atoms with Gasteiger partial charge in [-0.05, 0) is 39.5 Å². The van der Waals surface area contributed by atoms with E-state index in [0.717, 1.165) is 5.56 Å². The minimum absolute atomic E-state index is 0.114. The maximum atomic E-state index is 11.1. The standard InChI is InChI=1S/C9H10BrClO2S/c1-6(2)7-3-4-9(8(10)5-7)14(11,12)13/h3-6H,1-2H3. The van der Waals surface area contributed by atoms with Crippen LogP contribution in [0.3, 0.4) is 0 Å². The molecular weight excluding hydrogens is 288 g/mol. The number of hydrogen-bond acceptors (Lipinski definition) is 2. The molecule has 0 unspecified atom stereocenters. The van der Waals surface area contributed by atoms with Crippen molar-refractivity contribution in [3.8, 4) is 0 Å². The van der Waals surface area contributed by atoms with Gasteiger partial charge in [0.2, 0.25) is 0 Å². The summed E-state index contributed by atoms with van der Waals surface area (Å²) in [6, 6.07) is 5.06. The first kappa shape index (κ1) is 12.0. The third kappa shape index (κ3) is 2.72. The zero-order valence-electron chi connectivity index (χ0n) is 7.79. The van der Waals surface area contributed by atoms with Gasteiger partial charge >= 0.3 is 0 Å². The second kappa shape index (κ2) is 4.21. The van der Waals surface area contributed by atoms with E-state index in [4.69, 9.17) is 10.7 Å². The van der Waals surface area contributed by atoms with Crippen molar-refractivity contribution in [2.24, 2.45) is 0 Å². The average molecular weight is 298 g/mol. The van der Waals surface area contributed by atoms with Crippen LogP contribution in [0.5, 0.6) is 0 Å². The van der Waals surface area contributed by atoms with Crippen molar-refractivity contribution >= 4 is 35.7 Å². The molecule has 78 valence electrons. The van der Waals surface area contributed by atoms with E-state index in [-0.39, 0.29) is 4.90 Å². The molecule has 0 saturated heterocycles. The molecule has 1 aromatic rings. The largest absolute Gasteiger partial charge is 0.262 e. The highest BCUT2D eigenvalue weighted by atomic mass is 79.9. The minimum atomic E-state index is -3.65. The molecule has 0 aromatic heterocycles. The van der Waals surface area contributed by atoms with Gasteiger partial charge in [0, 0.05) is 15.2 Å². The van der Waals surface area contributed by atoms with E-state index in [0.29, 0.717) is 10.4 Å². The molecule has 1 aromatic carbocycles. The monoisotopic (exact) mass is 296 g/mol. The van der Waals surface area contributed by atoms with Gasteiger partial charge in [-0.25, -0.2) is 8.42 Å². The zero-order chi connectivity index (χ0) is 10.9. The Labute approximate surface area is 96.8 Å². The lowest BCUT2D eigenvalue weighted by molar-refractivity contribution is 0.609. The van der Waals surface area contributed by atoms with Crippen LogP contribution in [0.15, 0.2) is 27.6 Å². The highest BCUT2D eigenvalue weighted by Crippen LogP contribution is 2.28. The number of benzene rings is 1. The fourth-order valence-corrected chi connectivity index (χ4v) is 3.32. The smallest absolute Gasteiger partial charge is 0.207 e. The van der Waals surface area contributed by atoms with E-state index in [9.17, 15) is 8.42 Å². The minimum Gasteiger partial charge on any atom is -0.207 e. The van der Waals surface area contributed by atoms with Gasteiger partial charge in [-0.2, -0.15) is 0 Å². The molecule has 0 fully saturated rings. The summed E-state index contributed by atoms with van der Waals surface area (Å²) in [5.74, 6) is 0.360. The van der Waals surface area contributed by atoms with Crippen LogP contribution in [0.2, 0.25) is 0 Å². The maximum Gasteiger partial charge on any atom is 0.262 e. The molecule has 0 N–H and O–H groups in total. The first-order chi connectivity index (χ1) is 6.32. The summed E-state index contributed by atoms with van der Waals surface area (Å²) in [4.78, 5) is 0.114. The van der Waals surface area contributed by atoms with E-state index in [2.05, 4.69) is 15.9 Å². The molecule has 0 radical (unpaired) electrons. The van der Waals surface area contributed by atoms with E-state index in [1.165, 1.54) is 6.07 Å². The van der Waals surface area contributed by atoms with Gasteiger partial charge in [-0.3, -0.25) is 0 Å². The van der Waals surface area contributed by atoms with Gasteiger partial charge in [0.15, 0.2) is 0 Å². The fourth-order valence-electron chi connectivity index (χ4n) is 1.07. The maximum absolute atomic E-state index is 11.1. The van der Waals surface area contributed by atoms with Gasteiger partial charge in [0.25, 0.3) is 9.05 Å². The molecule has 0 heterocycles. The van der Waals surface area contributed by atoms with E-state index < -0.39 is 9.05 Å². The Morgan fingerprint density at radius 3 is 2.29 bits per heavy atom. The van der Waals surface area contributed by atoms with Crippen LogP contribution in [-0.4, -0.2) is 8.42 Å². The fraction of sp³-hybridized carbons (Fsp3) is 0.333. The third-order valence-corrected chi connectivity index (χ3v) is 4.18. The summed E-state index contributed by atoms with van der Waals surface area (Å²) in [5, 5.41) is 0. The highest BCUT2D eigenvalue weighted by molar-refractivity contribution is 9.10. The van der Waals surface area contributed by atoms with Gasteiger partial charge in [-0.1, -0.05) is 19.9 Å². The van der Waals surface area contributed by atoms with Gasteiger partial charge in [-0.15, -0.1) is 0 Å². The van der Waals surface area contributed by atoms with Crippen molar-refractivity contribution < 1.29 is 8.42 Å². The van der Waals surface area contributed by atoms with Crippen LogP contribution in [0.4, 0.5) is 0 Å². The molecule has 1 rings (SSSR count). The van der Waals surface area contributed by atoms with Crippen molar-refractivity contribution in [1.82, 2.24) is 0 Å². The molecule has 14 heavy (non-hydrogen) atoms. The van der Waals surface area contributed by atoms with Crippen molar-refractivity contribution in [2.75, 3.05) is 0 Å². The molecular formula is C9H10BrClO2S. The lowest BCUT2D eigenvalue weighted by atomic mass is 10.0. The second-order valence-corrected chi connectivity index (χ2v) is 6.67. The SMILES string of the molecule is CC(C)c1ccc(S(=O)(=O)Cl)c(Br)c1. The quantitative estimate of drug-likeness (QED) is 0.783. The third-order valence-electron chi connectivity index (χ3n) is 1.89. The Kier molecular flexibility index (Phi) is 3.61. The van der Waals surface area contributed by atoms with Crippen LogP contribution < -0.4 is 0 Å². The van der Waals surface area contributed by atoms with Crippen molar-refractivity contribution in [1.29, 1.82) is 0 Å². The van der Waals surface area contributed by atoms with Crippen LogP contribution in [0.1, 0.15) is 25.3 Å². The van der Waals surface area contributed by atoms with Crippen LogP contribution in [0, 0.1) is 0 Å². The second-order valence-electron chi connectivity index (χ2n) is 3.28. The van der Waals surface area contributed by atoms with Crippen LogP contribution in [-0.2, 0) is 9.05 Å². The molecule has 0 bridgehead atoms. The Morgan fingerprint density at radius 1 is 1.36 bits per heavy atom. The number of rotatable bonds is 2. The Morgan fingerprint density at radius 2 is 1.93 bits per heavy atom. The summed E-state index contributed by atoms with van der Waals surface area (Å²) >= 11 is 3.19. The predicted octanol–water partition coefficient (Wildman–Crippen LogP) is 3.50. The molecule has 5 heteroatoms. The lowest BCUT2D eigenvalue weighted by Gasteiger charge is -2.07. The molecule has 0 aliphatic heterocycles. The van der Waals surface area contributed by atoms with Crippen molar-refractivity contribution in [2.45, 2.75) is 24.7 Å². The zero-order valence-corrected chi connectivity index (χ0v) is 10.9. The lowest BCUT2D eigenvalue weighted by Crippen LogP contribution is -1.94. The van der Waals surface area contributed by atoms with Crippen LogP contribution >= 0.6 is 26.6 Å². The van der Waals surface area contributed by atoms with Gasteiger partial charge in [0.1, 0.15) is 0 Å². The van der Waals surface area contributed by atoms with E-state index in [1.807, 2.05) is 13.8 Å². The summed E-state index contributed by atoms with van der Waals surface area (Å²) < 4.78 is 22.7. The molecule has 0 aliphatic carbocycles. The predicted molar refractivity (Wildman–Crippen MR) is 61.3 cm³/mol. The molecule has 0 aliphatic rings. The summed E-state index contributed by atoms with van der Waals surface area (Å²) in [7, 11) is 1.59. The van der Waals surface area contributed by atoms with Crippen LogP contribution in [0.25, 0.3) is 0 Å². The first-order valence-electron chi connectivity index (χ1n) is 4.06. The normalized spacial score (nSPS) is 12.1. The Bertz CT molecular complexity index is 440. The topological polar surface area (TPSA) is 34.1 Å². The van der Waals surface area contributed by atoms with E-state index >= 15 is 0 Å². The molecule has 0 atom stereocenters. The number of hydrogen-bond donors (Lipinski definition) is 0. The highest BCUT2D eigenvalue weighted by Gasteiger charge is 2.14. The van der Waals surface area contributed by atoms with E-state index in [1.54, 1.807) is 12.1 Å². The molecule has 0 spiro atoms. The molecule has 2 nitrogen and oxygen atoms in total. The molecule has 0 saturated carbocycles. The van der Waals surface area contributed by atoms with Crippen molar-refractivity contribution in [3.05, 3.63) is 28.2 Å². The first-order valence-corrected chi connectivity index (χ1v) is 7.16. The Balaban J connectivity index is 3.28. The van der Waals surface area contributed by atoms with Gasteiger partial charge < -0.3 is 0 Å². The number of halogens is 2. The summed E-state index contributed by atoms with van der Waals surface area (Å²) in [5.41, 5.74) is 1.07.